The third-order valence-corrected chi connectivity index (χ3v) is 4.06. The molecule has 0 spiro atoms. The minimum atomic E-state index is 0. The van der Waals surface area contributed by atoms with Crippen molar-refractivity contribution in [3.63, 3.8) is 0 Å². The third kappa shape index (κ3) is 4.06. The standard InChI is InChI=1S/C18H21N2O2.Pt/c1-21-15-6-7-16(18(13-15)22-2)17-12-14(8-9-19-17)20-10-4-3-5-11-20;/h6,8-9,12-13H,3-5,10-11H2,1-2H3;/q-1;. The van der Waals surface area contributed by atoms with Crippen LogP contribution in [0.4, 0.5) is 5.69 Å². The second-order valence-corrected chi connectivity index (χ2v) is 5.43. The average molecular weight is 492 g/mol. The summed E-state index contributed by atoms with van der Waals surface area (Å²) in [5.74, 6) is 1.45. The quantitative estimate of drug-likeness (QED) is 0.612. The van der Waals surface area contributed by atoms with Crippen LogP contribution in [0.5, 0.6) is 11.5 Å². The van der Waals surface area contributed by atoms with Crippen LogP contribution in [0.25, 0.3) is 11.3 Å². The summed E-state index contributed by atoms with van der Waals surface area (Å²) < 4.78 is 10.7. The van der Waals surface area contributed by atoms with Crippen molar-refractivity contribution < 1.29 is 30.5 Å². The second kappa shape index (κ2) is 8.35. The molecule has 0 amide bonds. The van der Waals surface area contributed by atoms with Crippen molar-refractivity contribution in [3.8, 4) is 22.8 Å². The molecular weight excluding hydrogens is 471 g/mol. The van der Waals surface area contributed by atoms with Gasteiger partial charge in [0.1, 0.15) is 0 Å². The average Bonchev–Trinajstić information content (AvgIpc) is 2.62. The summed E-state index contributed by atoms with van der Waals surface area (Å²) in [4.78, 5) is 6.91. The molecule has 2 heterocycles. The summed E-state index contributed by atoms with van der Waals surface area (Å²) in [7, 11) is 3.29. The normalized spacial score (nSPS) is 14.1. The summed E-state index contributed by atoms with van der Waals surface area (Å²) >= 11 is 0. The van der Waals surface area contributed by atoms with Gasteiger partial charge in [-0.25, -0.2) is 0 Å². The van der Waals surface area contributed by atoms with Gasteiger partial charge in [0.25, 0.3) is 0 Å². The van der Waals surface area contributed by atoms with E-state index in [-0.39, 0.29) is 21.1 Å². The van der Waals surface area contributed by atoms with Gasteiger partial charge in [-0.05, 0) is 31.0 Å². The summed E-state index contributed by atoms with van der Waals surface area (Å²) in [6, 6.07) is 11.1. The molecule has 0 N–H and O–H groups in total. The summed E-state index contributed by atoms with van der Waals surface area (Å²) in [6.07, 6.45) is 5.70. The predicted octanol–water partition coefficient (Wildman–Crippen LogP) is 3.55. The van der Waals surface area contributed by atoms with Crippen molar-refractivity contribution in [2.75, 3.05) is 32.2 Å². The van der Waals surface area contributed by atoms with Crippen molar-refractivity contribution in [1.29, 1.82) is 0 Å². The Morgan fingerprint density at radius 1 is 1.09 bits per heavy atom. The maximum absolute atomic E-state index is 5.46. The monoisotopic (exact) mass is 492 g/mol. The summed E-state index contributed by atoms with van der Waals surface area (Å²) in [6.45, 7) is 2.24. The maximum atomic E-state index is 5.46. The fourth-order valence-corrected chi connectivity index (χ4v) is 2.84. The Morgan fingerprint density at radius 3 is 2.57 bits per heavy atom. The molecule has 1 aromatic carbocycles. The van der Waals surface area contributed by atoms with Crippen LogP contribution in [0.2, 0.25) is 0 Å². The number of ether oxygens (including phenoxy) is 2. The molecule has 23 heavy (non-hydrogen) atoms. The molecule has 0 saturated carbocycles. The van der Waals surface area contributed by atoms with Gasteiger partial charge in [-0.1, -0.05) is 17.7 Å². The van der Waals surface area contributed by atoms with E-state index in [2.05, 4.69) is 28.1 Å². The zero-order valence-corrected chi connectivity index (χ0v) is 15.7. The number of piperidine rings is 1. The van der Waals surface area contributed by atoms with Crippen LogP contribution in [-0.4, -0.2) is 32.3 Å². The van der Waals surface area contributed by atoms with Gasteiger partial charge < -0.3 is 19.4 Å². The van der Waals surface area contributed by atoms with E-state index in [0.717, 1.165) is 35.8 Å². The molecule has 2 aromatic rings. The molecule has 5 heteroatoms. The Morgan fingerprint density at radius 2 is 1.87 bits per heavy atom. The van der Waals surface area contributed by atoms with Crippen molar-refractivity contribution >= 4 is 5.69 Å². The number of anilines is 1. The molecule has 126 valence electrons. The summed E-state index contributed by atoms with van der Waals surface area (Å²) in [5.41, 5.74) is 2.96. The van der Waals surface area contributed by atoms with E-state index >= 15 is 0 Å². The minimum absolute atomic E-state index is 0. The van der Waals surface area contributed by atoms with Crippen molar-refractivity contribution in [1.82, 2.24) is 4.98 Å². The number of nitrogens with zero attached hydrogens (tertiary/aromatic N) is 2. The molecule has 4 nitrogen and oxygen atoms in total. The van der Waals surface area contributed by atoms with E-state index in [1.54, 1.807) is 14.2 Å². The third-order valence-electron chi connectivity index (χ3n) is 4.06. The number of hydrogen-bond donors (Lipinski definition) is 0. The molecule has 0 atom stereocenters. The van der Waals surface area contributed by atoms with E-state index < -0.39 is 0 Å². The molecule has 1 aliphatic rings. The molecule has 1 saturated heterocycles. The molecule has 0 radical (unpaired) electrons. The van der Waals surface area contributed by atoms with Crippen molar-refractivity contribution in [3.05, 3.63) is 36.5 Å². The van der Waals surface area contributed by atoms with Crippen LogP contribution >= 0.6 is 0 Å². The van der Waals surface area contributed by atoms with Crippen molar-refractivity contribution in [2.45, 2.75) is 19.3 Å². The molecular formula is C18H21N2O2Pt-. The van der Waals surface area contributed by atoms with Crippen LogP contribution in [0.1, 0.15) is 19.3 Å². The molecule has 1 aromatic heterocycles. The first kappa shape index (κ1) is 17.8. The first-order valence-corrected chi connectivity index (χ1v) is 7.67. The largest absolute Gasteiger partial charge is 0.540 e. The Kier molecular flexibility index (Phi) is 6.46. The number of aromatic nitrogens is 1. The fraction of sp³-hybridized carbons (Fsp3) is 0.389. The SMILES string of the molecule is COc1c[c-]c(-c2cc(N3CCCCC3)ccn2)c(OC)c1.[Pt]. The van der Waals surface area contributed by atoms with E-state index in [1.165, 1.54) is 24.9 Å². The molecule has 1 fully saturated rings. The Hall–Kier alpha value is -1.54. The Bertz CT molecular complexity index is 643. The minimum Gasteiger partial charge on any atom is -0.540 e. The maximum Gasteiger partial charge on any atom is 0.0647 e. The van der Waals surface area contributed by atoms with E-state index in [9.17, 15) is 0 Å². The number of pyridine rings is 1. The van der Waals surface area contributed by atoms with Gasteiger partial charge >= 0.3 is 0 Å². The van der Waals surface area contributed by atoms with Gasteiger partial charge in [-0.3, -0.25) is 0 Å². The molecule has 0 aliphatic carbocycles. The zero-order chi connectivity index (χ0) is 15.4. The number of methoxy groups -OCH3 is 2. The van der Waals surface area contributed by atoms with Gasteiger partial charge in [-0.15, -0.1) is 12.1 Å². The zero-order valence-electron chi connectivity index (χ0n) is 13.4. The van der Waals surface area contributed by atoms with Crippen molar-refractivity contribution in [2.24, 2.45) is 0 Å². The smallest absolute Gasteiger partial charge is 0.0647 e. The first-order chi connectivity index (χ1) is 10.8. The van der Waals surface area contributed by atoms with Gasteiger partial charge in [-0.2, -0.15) is 0 Å². The molecule has 0 bridgehead atoms. The van der Waals surface area contributed by atoms with Gasteiger partial charge in [0.2, 0.25) is 0 Å². The first-order valence-electron chi connectivity index (χ1n) is 7.67. The van der Waals surface area contributed by atoms with Gasteiger partial charge in [0.05, 0.1) is 14.2 Å². The van der Waals surface area contributed by atoms with Crippen LogP contribution in [0.15, 0.2) is 30.5 Å². The van der Waals surface area contributed by atoms with Crippen LogP contribution in [-0.2, 0) is 21.1 Å². The van der Waals surface area contributed by atoms with E-state index in [4.69, 9.17) is 9.47 Å². The Balaban J connectivity index is 0.00000192. The molecule has 0 unspecified atom stereocenters. The second-order valence-electron chi connectivity index (χ2n) is 5.43. The number of benzene rings is 1. The summed E-state index contributed by atoms with van der Waals surface area (Å²) in [5, 5.41) is 0. The number of hydrogen-bond acceptors (Lipinski definition) is 4. The number of rotatable bonds is 4. The van der Waals surface area contributed by atoms with Gasteiger partial charge in [0.15, 0.2) is 0 Å². The molecule has 3 rings (SSSR count). The topological polar surface area (TPSA) is 34.6 Å². The van der Waals surface area contributed by atoms with Crippen LogP contribution in [0, 0.1) is 6.07 Å². The van der Waals surface area contributed by atoms with E-state index in [0.29, 0.717) is 0 Å². The van der Waals surface area contributed by atoms with Crippen LogP contribution < -0.4 is 14.4 Å². The fourth-order valence-electron chi connectivity index (χ4n) is 2.84. The van der Waals surface area contributed by atoms with Gasteiger partial charge in [0, 0.05) is 57.5 Å². The molecule has 1 aliphatic heterocycles. The van der Waals surface area contributed by atoms with Crippen LogP contribution in [0.3, 0.4) is 0 Å². The Labute approximate surface area is 152 Å². The predicted molar refractivity (Wildman–Crippen MR) is 87.7 cm³/mol. The van der Waals surface area contributed by atoms with E-state index in [1.807, 2.05) is 18.3 Å².